The molecule has 2 rings (SSSR count). The maximum absolute atomic E-state index is 6.08. The van der Waals surface area contributed by atoms with E-state index in [0.717, 1.165) is 26.1 Å². The predicted octanol–water partition coefficient (Wildman–Crippen LogP) is 4.78. The van der Waals surface area contributed by atoms with E-state index in [1.54, 1.807) is 0 Å². The molecule has 0 aliphatic carbocycles. The summed E-state index contributed by atoms with van der Waals surface area (Å²) in [6.07, 6.45) is 1.49. The molecular formula is C21H36N2O. The number of hydrogen-bond acceptors (Lipinski definition) is 3. The number of nitrogens with one attached hydrogen (secondary N) is 1. The van der Waals surface area contributed by atoms with E-state index in [4.69, 9.17) is 4.74 Å². The summed E-state index contributed by atoms with van der Waals surface area (Å²) in [7, 11) is 0. The van der Waals surface area contributed by atoms with Crippen LogP contribution in [0.3, 0.4) is 0 Å². The molecule has 3 nitrogen and oxygen atoms in total. The number of hydrogen-bond donors (Lipinski definition) is 1. The molecule has 1 N–H and O–H groups in total. The van der Waals surface area contributed by atoms with Crippen LogP contribution in [-0.4, -0.2) is 31.3 Å². The fourth-order valence-corrected chi connectivity index (χ4v) is 3.17. The third kappa shape index (κ3) is 6.10. The molecule has 0 saturated carbocycles. The highest BCUT2D eigenvalue weighted by Crippen LogP contribution is 2.26. The summed E-state index contributed by atoms with van der Waals surface area (Å²) in [5.74, 6) is 0. The van der Waals surface area contributed by atoms with E-state index in [9.17, 15) is 0 Å². The second kappa shape index (κ2) is 7.45. The maximum Gasteiger partial charge on any atom is 0.0767 e. The monoisotopic (exact) mass is 332 g/mol. The lowest BCUT2D eigenvalue weighted by Gasteiger charge is -2.27. The van der Waals surface area contributed by atoms with Crippen LogP contribution in [-0.2, 0) is 4.74 Å². The number of rotatable bonds is 5. The van der Waals surface area contributed by atoms with Gasteiger partial charge < -0.3 is 15.0 Å². The van der Waals surface area contributed by atoms with Crippen LogP contribution in [0.4, 0.5) is 5.69 Å². The Morgan fingerprint density at radius 3 is 2.29 bits per heavy atom. The highest BCUT2D eigenvalue weighted by atomic mass is 16.5. The zero-order chi connectivity index (χ0) is 18.0. The van der Waals surface area contributed by atoms with Gasteiger partial charge in [0.25, 0.3) is 0 Å². The van der Waals surface area contributed by atoms with Crippen molar-refractivity contribution in [2.75, 3.05) is 24.6 Å². The SMILES string of the molecule is CC(NC(C)(C)C)c1ccc(N2CC[C@@H](OCC(C)(C)C)C2)cc1. The first-order valence-corrected chi connectivity index (χ1v) is 9.28. The quantitative estimate of drug-likeness (QED) is 0.840. The lowest BCUT2D eigenvalue weighted by Crippen LogP contribution is -2.37. The smallest absolute Gasteiger partial charge is 0.0767 e. The van der Waals surface area contributed by atoms with E-state index in [2.05, 4.69) is 82.9 Å². The van der Waals surface area contributed by atoms with Gasteiger partial charge in [0.1, 0.15) is 0 Å². The lowest BCUT2D eigenvalue weighted by molar-refractivity contribution is 0.0205. The van der Waals surface area contributed by atoms with Crippen molar-refractivity contribution < 1.29 is 4.74 Å². The molecule has 1 fully saturated rings. The van der Waals surface area contributed by atoms with Crippen LogP contribution in [0.2, 0.25) is 0 Å². The van der Waals surface area contributed by atoms with Crippen LogP contribution in [0.1, 0.15) is 66.5 Å². The van der Waals surface area contributed by atoms with Gasteiger partial charge in [-0.3, -0.25) is 0 Å². The minimum atomic E-state index is 0.130. The third-order valence-corrected chi connectivity index (χ3v) is 4.30. The van der Waals surface area contributed by atoms with E-state index < -0.39 is 0 Å². The highest BCUT2D eigenvalue weighted by Gasteiger charge is 2.25. The van der Waals surface area contributed by atoms with E-state index in [-0.39, 0.29) is 11.0 Å². The average molecular weight is 333 g/mol. The van der Waals surface area contributed by atoms with E-state index in [1.807, 2.05) is 0 Å². The largest absolute Gasteiger partial charge is 0.376 e. The van der Waals surface area contributed by atoms with Crippen LogP contribution >= 0.6 is 0 Å². The molecule has 1 heterocycles. The Labute approximate surface area is 148 Å². The van der Waals surface area contributed by atoms with Crippen molar-refractivity contribution in [2.45, 2.75) is 72.6 Å². The molecule has 1 aliphatic rings. The van der Waals surface area contributed by atoms with Gasteiger partial charge in [0.05, 0.1) is 12.7 Å². The lowest BCUT2D eigenvalue weighted by atomic mass is 9.98. The maximum atomic E-state index is 6.08. The molecule has 2 atom stereocenters. The normalized spacial score (nSPS) is 20.5. The third-order valence-electron chi connectivity index (χ3n) is 4.30. The van der Waals surface area contributed by atoms with Crippen LogP contribution in [0, 0.1) is 5.41 Å². The molecule has 1 saturated heterocycles. The molecule has 1 aromatic rings. The summed E-state index contributed by atoms with van der Waals surface area (Å²) in [5.41, 5.74) is 3.02. The van der Waals surface area contributed by atoms with Crippen LogP contribution < -0.4 is 10.2 Å². The predicted molar refractivity (Wildman–Crippen MR) is 104 cm³/mol. The van der Waals surface area contributed by atoms with Crippen molar-refractivity contribution in [2.24, 2.45) is 5.41 Å². The molecule has 1 aromatic carbocycles. The second-order valence-corrected chi connectivity index (χ2v) is 9.44. The summed E-state index contributed by atoms with van der Waals surface area (Å²) < 4.78 is 6.08. The van der Waals surface area contributed by atoms with Gasteiger partial charge in [-0.25, -0.2) is 0 Å². The minimum absolute atomic E-state index is 0.130. The van der Waals surface area contributed by atoms with E-state index in [0.29, 0.717) is 12.1 Å². The molecule has 0 bridgehead atoms. The molecule has 0 spiro atoms. The molecule has 24 heavy (non-hydrogen) atoms. The van der Waals surface area contributed by atoms with Crippen molar-refractivity contribution in [1.82, 2.24) is 5.32 Å². The number of ether oxygens (including phenoxy) is 1. The summed E-state index contributed by atoms with van der Waals surface area (Å²) in [4.78, 5) is 2.44. The number of nitrogens with zero attached hydrogens (tertiary/aromatic N) is 1. The van der Waals surface area contributed by atoms with Crippen molar-refractivity contribution in [1.29, 1.82) is 0 Å². The molecule has 3 heteroatoms. The zero-order valence-corrected chi connectivity index (χ0v) is 16.6. The standard InChI is InChI=1S/C21H36N2O/c1-16(22-21(5,6)7)17-8-10-18(11-9-17)23-13-12-19(14-23)24-15-20(2,3)4/h8-11,16,19,22H,12-15H2,1-7H3/t16?,19-/m1/s1. The first-order chi connectivity index (χ1) is 11.0. The van der Waals surface area contributed by atoms with Gasteiger partial charge in [0.2, 0.25) is 0 Å². The van der Waals surface area contributed by atoms with Gasteiger partial charge in [-0.2, -0.15) is 0 Å². The van der Waals surface area contributed by atoms with Gasteiger partial charge in [0, 0.05) is 30.4 Å². The van der Waals surface area contributed by atoms with E-state index in [1.165, 1.54) is 11.3 Å². The zero-order valence-electron chi connectivity index (χ0n) is 16.6. The van der Waals surface area contributed by atoms with Gasteiger partial charge in [-0.1, -0.05) is 32.9 Å². The number of anilines is 1. The van der Waals surface area contributed by atoms with Gasteiger partial charge in [-0.05, 0) is 57.2 Å². The molecule has 136 valence electrons. The summed E-state index contributed by atoms with van der Waals surface area (Å²) in [5, 5.41) is 3.63. The molecule has 0 aromatic heterocycles. The molecular weight excluding hydrogens is 296 g/mol. The Bertz CT molecular complexity index is 510. The molecule has 1 aliphatic heterocycles. The van der Waals surface area contributed by atoms with Crippen molar-refractivity contribution >= 4 is 5.69 Å². The van der Waals surface area contributed by atoms with Crippen LogP contribution in [0.15, 0.2) is 24.3 Å². The van der Waals surface area contributed by atoms with Crippen molar-refractivity contribution in [3.63, 3.8) is 0 Å². The Hall–Kier alpha value is -1.06. The first kappa shape index (κ1) is 19.3. The van der Waals surface area contributed by atoms with Gasteiger partial charge in [0.15, 0.2) is 0 Å². The Balaban J connectivity index is 1.90. The Morgan fingerprint density at radius 1 is 1.12 bits per heavy atom. The van der Waals surface area contributed by atoms with Gasteiger partial charge >= 0.3 is 0 Å². The average Bonchev–Trinajstić information content (AvgIpc) is 2.92. The first-order valence-electron chi connectivity index (χ1n) is 9.28. The Morgan fingerprint density at radius 2 is 1.75 bits per heavy atom. The molecule has 0 amide bonds. The fourth-order valence-electron chi connectivity index (χ4n) is 3.17. The van der Waals surface area contributed by atoms with Crippen molar-refractivity contribution in [3.8, 4) is 0 Å². The summed E-state index contributed by atoms with van der Waals surface area (Å²) in [6, 6.07) is 9.37. The Kier molecular flexibility index (Phi) is 5.98. The van der Waals surface area contributed by atoms with Crippen LogP contribution in [0.25, 0.3) is 0 Å². The highest BCUT2D eigenvalue weighted by molar-refractivity contribution is 5.49. The van der Waals surface area contributed by atoms with Crippen molar-refractivity contribution in [3.05, 3.63) is 29.8 Å². The molecule has 1 unspecified atom stereocenters. The molecule has 0 radical (unpaired) electrons. The topological polar surface area (TPSA) is 24.5 Å². The number of benzene rings is 1. The van der Waals surface area contributed by atoms with Crippen LogP contribution in [0.5, 0.6) is 0 Å². The van der Waals surface area contributed by atoms with Gasteiger partial charge in [-0.15, -0.1) is 0 Å². The second-order valence-electron chi connectivity index (χ2n) is 9.44. The minimum Gasteiger partial charge on any atom is -0.376 e. The van der Waals surface area contributed by atoms with E-state index >= 15 is 0 Å². The summed E-state index contributed by atoms with van der Waals surface area (Å²) in [6.45, 7) is 18.5. The summed E-state index contributed by atoms with van der Waals surface area (Å²) >= 11 is 0. The fraction of sp³-hybridized carbons (Fsp3) is 0.714.